The van der Waals surface area contributed by atoms with Crippen LogP contribution in [-0.2, 0) is 18.4 Å². The van der Waals surface area contributed by atoms with Crippen LogP contribution < -0.4 is 15.0 Å². The molecule has 152 valence electrons. The molecule has 8 nitrogen and oxygen atoms in total. The van der Waals surface area contributed by atoms with E-state index in [9.17, 15) is 9.59 Å². The number of carbonyl (C=O) groups is 1. The van der Waals surface area contributed by atoms with Gasteiger partial charge in [0, 0.05) is 37.7 Å². The highest BCUT2D eigenvalue weighted by atomic mass is 16.5. The molecule has 0 atom stereocenters. The zero-order valence-corrected chi connectivity index (χ0v) is 16.8. The highest BCUT2D eigenvalue weighted by Gasteiger charge is 2.18. The monoisotopic (exact) mass is 397 g/mol. The molecular weight excluding hydrogens is 374 g/mol. The van der Waals surface area contributed by atoms with Gasteiger partial charge in [-0.1, -0.05) is 0 Å². The molecule has 0 spiro atoms. The predicted octanol–water partition coefficient (Wildman–Crippen LogP) is 2.13. The molecule has 0 saturated carbocycles. The van der Waals surface area contributed by atoms with E-state index < -0.39 is 5.97 Å². The van der Waals surface area contributed by atoms with E-state index in [-0.39, 0.29) is 12.1 Å². The first kappa shape index (κ1) is 20.3. The Morgan fingerprint density at radius 3 is 2.45 bits per heavy atom. The summed E-state index contributed by atoms with van der Waals surface area (Å²) >= 11 is 0. The first-order chi connectivity index (χ1) is 13.8. The SMILES string of the molecule is COc1cc(-c2cn(C)c(=O)c3cnccc23)cc(OC)c1CN(C)CC(=O)O. The van der Waals surface area contributed by atoms with Crippen molar-refractivity contribution >= 4 is 16.7 Å². The van der Waals surface area contributed by atoms with Crippen LogP contribution in [0.4, 0.5) is 0 Å². The third-order valence-electron chi connectivity index (χ3n) is 4.74. The highest BCUT2D eigenvalue weighted by molar-refractivity contribution is 5.95. The molecule has 0 radical (unpaired) electrons. The fraction of sp³-hybridized carbons (Fsp3) is 0.286. The second-order valence-electron chi connectivity index (χ2n) is 6.81. The second kappa shape index (κ2) is 8.32. The molecule has 2 aromatic heterocycles. The van der Waals surface area contributed by atoms with E-state index in [4.69, 9.17) is 14.6 Å². The normalized spacial score (nSPS) is 11.1. The Kier molecular flexibility index (Phi) is 5.84. The molecule has 8 heteroatoms. The molecule has 2 heterocycles. The smallest absolute Gasteiger partial charge is 0.317 e. The summed E-state index contributed by atoms with van der Waals surface area (Å²) in [6.07, 6.45) is 4.98. The minimum Gasteiger partial charge on any atom is -0.496 e. The lowest BCUT2D eigenvalue weighted by Gasteiger charge is -2.20. The van der Waals surface area contributed by atoms with Crippen molar-refractivity contribution in [3.05, 3.63) is 52.7 Å². The van der Waals surface area contributed by atoms with E-state index in [2.05, 4.69) is 4.98 Å². The fourth-order valence-corrected chi connectivity index (χ4v) is 3.39. The summed E-state index contributed by atoms with van der Waals surface area (Å²) in [5, 5.41) is 10.3. The number of aliphatic carboxylic acids is 1. The lowest BCUT2D eigenvalue weighted by molar-refractivity contribution is -0.138. The molecule has 0 saturated heterocycles. The zero-order valence-electron chi connectivity index (χ0n) is 16.8. The van der Waals surface area contributed by atoms with Gasteiger partial charge in [0.05, 0.1) is 31.7 Å². The number of fused-ring (bicyclic) bond motifs is 1. The number of hydrogen-bond acceptors (Lipinski definition) is 6. The maximum Gasteiger partial charge on any atom is 0.317 e. The molecule has 3 rings (SSSR count). The number of aromatic nitrogens is 2. The van der Waals surface area contributed by atoms with E-state index in [1.54, 1.807) is 57.9 Å². The van der Waals surface area contributed by atoms with Crippen molar-refractivity contribution in [2.45, 2.75) is 6.54 Å². The Bertz CT molecular complexity index is 1100. The summed E-state index contributed by atoms with van der Waals surface area (Å²) in [7, 11) is 6.53. The first-order valence-electron chi connectivity index (χ1n) is 8.94. The molecule has 0 fully saturated rings. The average molecular weight is 397 g/mol. The van der Waals surface area contributed by atoms with Crippen LogP contribution >= 0.6 is 0 Å². The summed E-state index contributed by atoms with van der Waals surface area (Å²) in [5.41, 5.74) is 2.28. The summed E-state index contributed by atoms with van der Waals surface area (Å²) in [6, 6.07) is 5.54. The van der Waals surface area contributed by atoms with Crippen LogP contribution in [0, 0.1) is 0 Å². The molecule has 0 amide bonds. The summed E-state index contributed by atoms with van der Waals surface area (Å²) < 4.78 is 12.7. The summed E-state index contributed by atoms with van der Waals surface area (Å²) in [4.78, 5) is 29.2. The van der Waals surface area contributed by atoms with E-state index >= 15 is 0 Å². The Morgan fingerprint density at radius 2 is 1.86 bits per heavy atom. The zero-order chi connectivity index (χ0) is 21.1. The lowest BCUT2D eigenvalue weighted by Crippen LogP contribution is -2.25. The number of ether oxygens (including phenoxy) is 2. The van der Waals surface area contributed by atoms with Gasteiger partial charge in [0.15, 0.2) is 0 Å². The van der Waals surface area contributed by atoms with Gasteiger partial charge in [0.25, 0.3) is 5.56 Å². The number of rotatable bonds is 7. The van der Waals surface area contributed by atoms with Crippen LogP contribution in [0.2, 0.25) is 0 Å². The van der Waals surface area contributed by atoms with Gasteiger partial charge in [-0.15, -0.1) is 0 Å². The number of hydrogen-bond donors (Lipinski definition) is 1. The van der Waals surface area contributed by atoms with Crippen LogP contribution in [0.15, 0.2) is 41.6 Å². The molecule has 0 aliphatic rings. The van der Waals surface area contributed by atoms with Crippen LogP contribution in [0.1, 0.15) is 5.56 Å². The summed E-state index contributed by atoms with van der Waals surface area (Å²) in [6.45, 7) is 0.239. The molecule has 3 aromatic rings. The number of likely N-dealkylation sites (N-methyl/N-ethyl adjacent to an activating group) is 1. The standard InChI is InChI=1S/C21H23N3O5/c1-23(12-20(25)26)10-17-18(28-3)7-13(8-19(17)29-4)16-11-24(2)21(27)15-9-22-6-5-14(15)16/h5-9,11H,10,12H2,1-4H3,(H,25,26). The Morgan fingerprint density at radius 1 is 1.21 bits per heavy atom. The van der Waals surface area contributed by atoms with Crippen molar-refractivity contribution in [3.8, 4) is 22.6 Å². The number of nitrogens with zero attached hydrogens (tertiary/aromatic N) is 3. The first-order valence-corrected chi connectivity index (χ1v) is 8.94. The van der Waals surface area contributed by atoms with Crippen molar-refractivity contribution in [2.24, 2.45) is 7.05 Å². The third-order valence-corrected chi connectivity index (χ3v) is 4.74. The van der Waals surface area contributed by atoms with Crippen molar-refractivity contribution in [3.63, 3.8) is 0 Å². The van der Waals surface area contributed by atoms with Gasteiger partial charge < -0.3 is 19.1 Å². The van der Waals surface area contributed by atoms with Crippen LogP contribution in [0.3, 0.4) is 0 Å². The van der Waals surface area contributed by atoms with Gasteiger partial charge in [-0.05, 0) is 36.2 Å². The number of aryl methyl sites for hydroxylation is 1. The quantitative estimate of drug-likeness (QED) is 0.653. The number of pyridine rings is 2. The molecule has 0 aliphatic heterocycles. The Hall–Kier alpha value is -3.39. The fourth-order valence-electron chi connectivity index (χ4n) is 3.39. The van der Waals surface area contributed by atoms with Gasteiger partial charge in [0.2, 0.25) is 0 Å². The number of carboxylic acid groups (broad SMARTS) is 1. The van der Waals surface area contributed by atoms with Crippen molar-refractivity contribution < 1.29 is 19.4 Å². The van der Waals surface area contributed by atoms with Gasteiger partial charge in [0.1, 0.15) is 11.5 Å². The topological polar surface area (TPSA) is 93.9 Å². The van der Waals surface area contributed by atoms with Gasteiger partial charge >= 0.3 is 5.97 Å². The number of methoxy groups -OCH3 is 2. The molecule has 1 N–H and O–H groups in total. The highest BCUT2D eigenvalue weighted by Crippen LogP contribution is 2.37. The molecule has 0 aliphatic carbocycles. The maximum absolute atomic E-state index is 12.4. The molecule has 29 heavy (non-hydrogen) atoms. The number of benzene rings is 1. The van der Waals surface area contributed by atoms with Crippen molar-refractivity contribution in [1.82, 2.24) is 14.5 Å². The van der Waals surface area contributed by atoms with Crippen molar-refractivity contribution in [1.29, 1.82) is 0 Å². The van der Waals surface area contributed by atoms with Gasteiger partial charge in [-0.3, -0.25) is 19.5 Å². The maximum atomic E-state index is 12.4. The third kappa shape index (κ3) is 4.07. The largest absolute Gasteiger partial charge is 0.496 e. The lowest BCUT2D eigenvalue weighted by atomic mass is 9.99. The minimum absolute atomic E-state index is 0.105. The molecule has 1 aromatic carbocycles. The Balaban J connectivity index is 2.18. The van der Waals surface area contributed by atoms with Gasteiger partial charge in [-0.25, -0.2) is 0 Å². The predicted molar refractivity (Wildman–Crippen MR) is 109 cm³/mol. The van der Waals surface area contributed by atoms with E-state index in [0.717, 1.165) is 22.1 Å². The van der Waals surface area contributed by atoms with E-state index in [1.165, 1.54) is 4.57 Å². The van der Waals surface area contributed by atoms with Crippen molar-refractivity contribution in [2.75, 3.05) is 27.8 Å². The van der Waals surface area contributed by atoms with E-state index in [0.29, 0.717) is 23.4 Å². The van der Waals surface area contributed by atoms with E-state index in [1.807, 2.05) is 12.1 Å². The molecular formula is C21H23N3O5. The van der Waals surface area contributed by atoms with Crippen LogP contribution in [-0.4, -0.2) is 53.3 Å². The number of carboxylic acids is 1. The van der Waals surface area contributed by atoms with Gasteiger partial charge in [-0.2, -0.15) is 0 Å². The summed E-state index contributed by atoms with van der Waals surface area (Å²) in [5.74, 6) is 0.243. The molecule has 0 bridgehead atoms. The Labute approximate surface area is 167 Å². The van der Waals surface area contributed by atoms with Crippen LogP contribution in [0.5, 0.6) is 11.5 Å². The second-order valence-corrected chi connectivity index (χ2v) is 6.81. The van der Waals surface area contributed by atoms with Crippen LogP contribution in [0.25, 0.3) is 21.9 Å². The average Bonchev–Trinajstić information content (AvgIpc) is 2.70. The minimum atomic E-state index is -0.910. The molecule has 0 unspecified atom stereocenters.